The van der Waals surface area contributed by atoms with E-state index in [0.717, 1.165) is 24.5 Å². The van der Waals surface area contributed by atoms with E-state index in [1.807, 2.05) is 13.0 Å². The van der Waals surface area contributed by atoms with Crippen molar-refractivity contribution in [2.45, 2.75) is 77.6 Å². The van der Waals surface area contributed by atoms with Crippen molar-refractivity contribution in [1.29, 1.82) is 0 Å². The first kappa shape index (κ1) is 27.8. The monoisotopic (exact) mass is 549 g/mol. The summed E-state index contributed by atoms with van der Waals surface area (Å²) in [6, 6.07) is 6.39. The first-order valence-electron chi connectivity index (χ1n) is 12.4. The summed E-state index contributed by atoms with van der Waals surface area (Å²) in [5, 5.41) is 20.4. The molecular formula is C27H30ClF2N3O5. The molecule has 38 heavy (non-hydrogen) atoms. The van der Waals surface area contributed by atoms with Crippen molar-refractivity contribution in [1.82, 2.24) is 10.3 Å². The molecule has 1 saturated carbocycles. The lowest BCUT2D eigenvalue weighted by Gasteiger charge is -2.27. The van der Waals surface area contributed by atoms with E-state index in [1.165, 1.54) is 20.8 Å². The number of nitrogens with zero attached hydrogens (tertiary/aromatic N) is 2. The van der Waals surface area contributed by atoms with E-state index < -0.39 is 29.0 Å². The van der Waals surface area contributed by atoms with Gasteiger partial charge in [-0.3, -0.25) is 9.59 Å². The second kappa shape index (κ2) is 10.5. The number of carbonyl (C=O) groups excluding carboxylic acids is 1. The van der Waals surface area contributed by atoms with Crippen LogP contribution in [0.4, 0.5) is 14.5 Å². The zero-order valence-electron chi connectivity index (χ0n) is 21.6. The van der Waals surface area contributed by atoms with Crippen LogP contribution in [-0.4, -0.2) is 27.3 Å². The number of nitrogens with one attached hydrogen (secondary N) is 1. The topological polar surface area (TPSA) is 118 Å². The van der Waals surface area contributed by atoms with Crippen molar-refractivity contribution in [3.63, 3.8) is 0 Å². The number of carboxylic acids is 1. The maximum absolute atomic E-state index is 14.9. The average molecular weight is 550 g/mol. The lowest BCUT2D eigenvalue weighted by atomic mass is 9.86. The molecule has 2 N–H and O–H groups in total. The van der Waals surface area contributed by atoms with E-state index in [4.69, 9.17) is 20.6 Å². The molecule has 204 valence electrons. The number of aromatic nitrogens is 2. The Morgan fingerprint density at radius 1 is 1.18 bits per heavy atom. The van der Waals surface area contributed by atoms with Gasteiger partial charge in [-0.15, -0.1) is 0 Å². The van der Waals surface area contributed by atoms with Crippen LogP contribution in [0.2, 0.25) is 5.02 Å². The number of benzene rings is 1. The normalized spacial score (nSPS) is 14.9. The molecule has 0 bridgehead atoms. The Labute approximate surface area is 223 Å². The molecule has 1 fully saturated rings. The molecule has 1 atom stereocenters. The fourth-order valence-corrected chi connectivity index (χ4v) is 4.51. The van der Waals surface area contributed by atoms with Crippen LogP contribution in [-0.2, 0) is 15.5 Å². The Balaban J connectivity index is 1.64. The Morgan fingerprint density at radius 3 is 2.50 bits per heavy atom. The molecule has 0 saturated heterocycles. The number of rotatable bonds is 10. The first-order chi connectivity index (χ1) is 17.8. The van der Waals surface area contributed by atoms with Crippen molar-refractivity contribution in [3.8, 4) is 11.4 Å². The Kier molecular flexibility index (Phi) is 7.65. The SMILES string of the molecule is Cc1ccc(NC(=O)C[C@H](CCC(=O)O)c2onc(-c3cc(C(F)(F)C(C)(C)C)on3)c2C2CC2)c(Cl)c1. The highest BCUT2D eigenvalue weighted by atomic mass is 35.5. The van der Waals surface area contributed by atoms with Crippen molar-refractivity contribution in [2.24, 2.45) is 5.41 Å². The smallest absolute Gasteiger partial charge is 0.312 e. The summed E-state index contributed by atoms with van der Waals surface area (Å²) in [6.07, 6.45) is 1.47. The molecule has 0 spiro atoms. The fraction of sp³-hybridized carbons (Fsp3) is 0.481. The summed E-state index contributed by atoms with van der Waals surface area (Å²) in [6.45, 7) is 6.09. The average Bonchev–Trinajstić information content (AvgIpc) is 3.35. The fourth-order valence-electron chi connectivity index (χ4n) is 4.23. The molecule has 1 amide bonds. The number of hydrogen-bond acceptors (Lipinski definition) is 6. The summed E-state index contributed by atoms with van der Waals surface area (Å²) in [7, 11) is 0. The molecule has 1 aliphatic carbocycles. The largest absolute Gasteiger partial charge is 0.481 e. The zero-order chi connectivity index (χ0) is 27.8. The van der Waals surface area contributed by atoms with Crippen LogP contribution < -0.4 is 5.32 Å². The minimum absolute atomic E-state index is 0.0384. The summed E-state index contributed by atoms with van der Waals surface area (Å²) in [4.78, 5) is 24.3. The van der Waals surface area contributed by atoms with E-state index in [0.29, 0.717) is 22.0 Å². The van der Waals surface area contributed by atoms with Crippen molar-refractivity contribution < 1.29 is 32.5 Å². The van der Waals surface area contributed by atoms with Crippen molar-refractivity contribution >= 4 is 29.2 Å². The van der Waals surface area contributed by atoms with Gasteiger partial charge in [0.2, 0.25) is 11.7 Å². The first-order valence-corrected chi connectivity index (χ1v) is 12.8. The Hall–Kier alpha value is -3.27. The van der Waals surface area contributed by atoms with Crippen molar-refractivity contribution in [3.05, 3.63) is 51.9 Å². The van der Waals surface area contributed by atoms with Gasteiger partial charge in [-0.2, -0.15) is 8.78 Å². The third-order valence-electron chi connectivity index (χ3n) is 6.65. The molecule has 0 radical (unpaired) electrons. The van der Waals surface area contributed by atoms with Crippen LogP contribution in [0, 0.1) is 12.3 Å². The van der Waals surface area contributed by atoms with Gasteiger partial charge in [-0.1, -0.05) is 48.8 Å². The van der Waals surface area contributed by atoms with Crippen LogP contribution in [0.25, 0.3) is 11.4 Å². The molecule has 0 aliphatic heterocycles. The third kappa shape index (κ3) is 5.90. The highest BCUT2D eigenvalue weighted by molar-refractivity contribution is 6.33. The molecule has 8 nitrogen and oxygen atoms in total. The third-order valence-corrected chi connectivity index (χ3v) is 6.97. The molecule has 1 aliphatic rings. The second-order valence-electron chi connectivity index (χ2n) is 10.8. The van der Waals surface area contributed by atoms with Gasteiger partial charge in [-0.25, -0.2) is 0 Å². The highest BCUT2D eigenvalue weighted by Crippen LogP contribution is 2.50. The van der Waals surface area contributed by atoms with Gasteiger partial charge in [-0.05, 0) is 49.8 Å². The quantitative estimate of drug-likeness (QED) is 0.272. The van der Waals surface area contributed by atoms with E-state index in [1.54, 1.807) is 12.1 Å². The van der Waals surface area contributed by atoms with Gasteiger partial charge in [0.25, 0.3) is 0 Å². The van der Waals surface area contributed by atoms with Gasteiger partial charge < -0.3 is 19.5 Å². The molecule has 1 aromatic carbocycles. The number of amides is 1. The number of hydrogen-bond donors (Lipinski definition) is 2. The predicted molar refractivity (Wildman–Crippen MR) is 136 cm³/mol. The van der Waals surface area contributed by atoms with E-state index >= 15 is 0 Å². The highest BCUT2D eigenvalue weighted by Gasteiger charge is 2.48. The van der Waals surface area contributed by atoms with Crippen LogP contribution in [0.5, 0.6) is 0 Å². The second-order valence-corrected chi connectivity index (χ2v) is 11.3. The lowest BCUT2D eigenvalue weighted by molar-refractivity contribution is -0.137. The van der Waals surface area contributed by atoms with Gasteiger partial charge >= 0.3 is 11.9 Å². The van der Waals surface area contributed by atoms with E-state index in [2.05, 4.69) is 15.6 Å². The number of carbonyl (C=O) groups is 2. The minimum Gasteiger partial charge on any atom is -0.481 e. The Bertz CT molecular complexity index is 1340. The standard InChI is InChI=1S/C27H30ClF2N3O5/c1-14-5-9-18(17(28)11-14)31-21(34)12-16(8-10-22(35)36)25-23(15-6-7-15)24(33-38-25)19-13-20(37-32-19)27(29,30)26(2,3)4/h5,9,11,13,15-16H,6-8,10,12H2,1-4H3,(H,31,34)(H,35,36)/t16-/m0/s1. The summed E-state index contributed by atoms with van der Waals surface area (Å²) in [5.74, 6) is -5.46. The number of aliphatic carboxylic acids is 1. The van der Waals surface area contributed by atoms with Crippen LogP contribution >= 0.6 is 11.6 Å². The molecule has 11 heteroatoms. The molecule has 2 aromatic heterocycles. The van der Waals surface area contributed by atoms with Crippen LogP contribution in [0.15, 0.2) is 33.3 Å². The van der Waals surface area contributed by atoms with Gasteiger partial charge in [0.1, 0.15) is 17.1 Å². The number of carboxylic acid groups (broad SMARTS) is 1. The van der Waals surface area contributed by atoms with Crippen molar-refractivity contribution in [2.75, 3.05) is 5.32 Å². The summed E-state index contributed by atoms with van der Waals surface area (Å²) < 4.78 is 40.4. The molecule has 0 unspecified atom stereocenters. The molecular weight excluding hydrogens is 520 g/mol. The minimum atomic E-state index is -3.27. The van der Waals surface area contributed by atoms with Crippen LogP contribution in [0.1, 0.15) is 87.4 Å². The molecule has 4 rings (SSSR count). The summed E-state index contributed by atoms with van der Waals surface area (Å²) in [5.41, 5.74) is 1.01. The van der Waals surface area contributed by atoms with Gasteiger partial charge in [0, 0.05) is 35.8 Å². The number of aryl methyl sites for hydroxylation is 1. The predicted octanol–water partition coefficient (Wildman–Crippen LogP) is 7.28. The van der Waals surface area contributed by atoms with E-state index in [-0.39, 0.29) is 42.5 Å². The lowest BCUT2D eigenvalue weighted by Crippen LogP contribution is -2.30. The zero-order valence-corrected chi connectivity index (χ0v) is 22.4. The molecule has 2 heterocycles. The van der Waals surface area contributed by atoms with Gasteiger partial charge in [0.05, 0.1) is 10.7 Å². The molecule has 3 aromatic rings. The maximum atomic E-state index is 14.9. The number of anilines is 1. The Morgan fingerprint density at radius 2 is 1.89 bits per heavy atom. The van der Waals surface area contributed by atoms with Gasteiger partial charge in [0.15, 0.2) is 0 Å². The number of alkyl halides is 2. The van der Waals surface area contributed by atoms with Crippen LogP contribution in [0.3, 0.4) is 0 Å². The van der Waals surface area contributed by atoms with E-state index in [9.17, 15) is 23.5 Å². The number of halogens is 3. The summed E-state index contributed by atoms with van der Waals surface area (Å²) >= 11 is 6.25. The maximum Gasteiger partial charge on any atom is 0.312 e.